The third-order valence-corrected chi connectivity index (χ3v) is 4.87. The van der Waals surface area contributed by atoms with Crippen molar-refractivity contribution in [2.45, 2.75) is 29.9 Å². The molecule has 18 heavy (non-hydrogen) atoms. The third kappa shape index (κ3) is 2.62. The first kappa shape index (κ1) is 13.6. The van der Waals surface area contributed by atoms with Gasteiger partial charge in [-0.15, -0.1) is 11.8 Å². The number of carbonyl (C=O) groups is 1. The molecule has 0 saturated carbocycles. The summed E-state index contributed by atoms with van der Waals surface area (Å²) in [6, 6.07) is -0.830. The predicted octanol–water partition coefficient (Wildman–Crippen LogP) is -0.794. The highest BCUT2D eigenvalue weighted by Gasteiger charge is 2.46. The highest BCUT2D eigenvalue weighted by molar-refractivity contribution is 8.01. The number of rotatable bonds is 2. The van der Waals surface area contributed by atoms with Crippen LogP contribution in [0.1, 0.15) is 12.8 Å². The van der Waals surface area contributed by atoms with Crippen molar-refractivity contribution in [2.24, 2.45) is 5.73 Å². The van der Waals surface area contributed by atoms with Gasteiger partial charge in [0.15, 0.2) is 0 Å². The zero-order valence-corrected chi connectivity index (χ0v) is 10.9. The first-order chi connectivity index (χ1) is 8.60. The van der Waals surface area contributed by atoms with Gasteiger partial charge in [0.2, 0.25) is 5.91 Å². The minimum Gasteiger partial charge on any atom is -0.394 e. The standard InChI is InChI=1S/C11H18N4O2S/c1-13-9-6-18-11(14-9)3-2-4-15(7-11)10(17)8(12)5-16/h8-9,14,16H,2-7,12H2/t8-,9-,11?/m0/s1. The Morgan fingerprint density at radius 2 is 2.56 bits per heavy atom. The van der Waals surface area contributed by atoms with E-state index in [4.69, 9.17) is 17.4 Å². The van der Waals surface area contributed by atoms with Crippen molar-refractivity contribution in [3.63, 3.8) is 0 Å². The zero-order valence-electron chi connectivity index (χ0n) is 10.1. The Kier molecular flexibility index (Phi) is 4.12. The Morgan fingerprint density at radius 3 is 3.17 bits per heavy atom. The molecular formula is C11H18N4O2S. The smallest absolute Gasteiger partial charge is 0.287 e. The average molecular weight is 270 g/mol. The fourth-order valence-electron chi connectivity index (χ4n) is 2.45. The Labute approximate surface area is 111 Å². The molecule has 0 aliphatic carbocycles. The summed E-state index contributed by atoms with van der Waals surface area (Å²) in [6.07, 6.45) is 1.70. The van der Waals surface area contributed by atoms with Crippen molar-refractivity contribution in [3.8, 4) is 0 Å². The van der Waals surface area contributed by atoms with Gasteiger partial charge in [-0.2, -0.15) is 0 Å². The second-order valence-electron chi connectivity index (χ2n) is 4.75. The van der Waals surface area contributed by atoms with Gasteiger partial charge in [0.25, 0.3) is 6.17 Å². The molecule has 0 aromatic heterocycles. The monoisotopic (exact) mass is 270 g/mol. The lowest BCUT2D eigenvalue weighted by Crippen LogP contribution is -2.58. The number of carbonyl (C=O) groups excluding carboxylic acids is 1. The zero-order chi connectivity index (χ0) is 13.2. The van der Waals surface area contributed by atoms with Crippen LogP contribution in [0, 0.1) is 6.57 Å². The Bertz CT molecular complexity index is 373. The number of aliphatic hydroxyl groups excluding tert-OH is 1. The Balaban J connectivity index is 2.01. The predicted molar refractivity (Wildman–Crippen MR) is 69.6 cm³/mol. The summed E-state index contributed by atoms with van der Waals surface area (Å²) < 4.78 is 0. The number of nitrogens with one attached hydrogen (secondary N) is 1. The second kappa shape index (κ2) is 5.45. The molecule has 100 valence electrons. The fraction of sp³-hybridized carbons (Fsp3) is 0.818. The molecule has 2 saturated heterocycles. The molecule has 2 rings (SSSR count). The van der Waals surface area contributed by atoms with Crippen LogP contribution in [0.3, 0.4) is 0 Å². The number of hydrogen-bond acceptors (Lipinski definition) is 5. The van der Waals surface area contributed by atoms with Gasteiger partial charge >= 0.3 is 0 Å². The molecule has 6 nitrogen and oxygen atoms in total. The maximum absolute atomic E-state index is 12.0. The number of piperidine rings is 1. The maximum atomic E-state index is 12.0. The minimum atomic E-state index is -0.830. The van der Waals surface area contributed by atoms with Crippen molar-refractivity contribution in [1.29, 1.82) is 0 Å². The molecule has 2 aliphatic heterocycles. The molecule has 2 fully saturated rings. The molecule has 7 heteroatoms. The van der Waals surface area contributed by atoms with Crippen LogP contribution >= 0.6 is 11.8 Å². The van der Waals surface area contributed by atoms with Gasteiger partial charge in [-0.3, -0.25) is 9.64 Å². The van der Waals surface area contributed by atoms with Crippen molar-refractivity contribution in [2.75, 3.05) is 25.4 Å². The van der Waals surface area contributed by atoms with Crippen LogP contribution in [-0.2, 0) is 4.79 Å². The van der Waals surface area contributed by atoms with E-state index in [9.17, 15) is 4.79 Å². The largest absolute Gasteiger partial charge is 0.394 e. The van der Waals surface area contributed by atoms with E-state index in [-0.39, 0.29) is 23.6 Å². The number of amides is 1. The SMILES string of the molecule is [C-]#[N+][C@@H]1CSC2(CCCN(C(=O)[C@@H](N)CO)C2)N1. The van der Waals surface area contributed by atoms with E-state index in [2.05, 4.69) is 10.2 Å². The van der Waals surface area contributed by atoms with E-state index in [0.717, 1.165) is 18.6 Å². The third-order valence-electron chi connectivity index (χ3n) is 3.38. The average Bonchev–Trinajstić information content (AvgIpc) is 2.80. The highest BCUT2D eigenvalue weighted by Crippen LogP contribution is 2.38. The summed E-state index contributed by atoms with van der Waals surface area (Å²) in [4.78, 5) is 17.0. The van der Waals surface area contributed by atoms with Gasteiger partial charge in [-0.05, 0) is 12.8 Å². The van der Waals surface area contributed by atoms with Crippen molar-refractivity contribution in [3.05, 3.63) is 11.4 Å². The Hall–Kier alpha value is -0.810. The number of thioether (sulfide) groups is 1. The van der Waals surface area contributed by atoms with Gasteiger partial charge in [0, 0.05) is 13.1 Å². The summed E-state index contributed by atoms with van der Waals surface area (Å²) >= 11 is 1.72. The molecule has 4 N–H and O–H groups in total. The number of likely N-dealkylation sites (tertiary alicyclic amines) is 1. The van der Waals surface area contributed by atoms with E-state index >= 15 is 0 Å². The highest BCUT2D eigenvalue weighted by atomic mass is 32.2. The molecule has 2 heterocycles. The van der Waals surface area contributed by atoms with Crippen LogP contribution in [0.25, 0.3) is 4.85 Å². The molecule has 1 amide bonds. The minimum absolute atomic E-state index is 0.156. The summed E-state index contributed by atoms with van der Waals surface area (Å²) in [5, 5.41) is 12.2. The van der Waals surface area contributed by atoms with Crippen LogP contribution in [-0.4, -0.2) is 58.4 Å². The number of aliphatic hydroxyl groups is 1. The fourth-order valence-corrected chi connectivity index (χ4v) is 3.84. The summed E-state index contributed by atoms with van der Waals surface area (Å²) in [5.74, 6) is 0.558. The topological polar surface area (TPSA) is 83.0 Å². The van der Waals surface area contributed by atoms with Crippen LogP contribution in [0.5, 0.6) is 0 Å². The van der Waals surface area contributed by atoms with Crippen LogP contribution in [0.4, 0.5) is 0 Å². The summed E-state index contributed by atoms with van der Waals surface area (Å²) in [5.41, 5.74) is 5.57. The molecule has 0 bridgehead atoms. The van der Waals surface area contributed by atoms with Gasteiger partial charge in [-0.1, -0.05) is 0 Å². The molecule has 0 aromatic rings. The van der Waals surface area contributed by atoms with Gasteiger partial charge in [0.1, 0.15) is 6.04 Å². The molecule has 1 spiro atoms. The van der Waals surface area contributed by atoms with Crippen molar-refractivity contribution in [1.82, 2.24) is 10.2 Å². The lowest BCUT2D eigenvalue weighted by Gasteiger charge is -2.40. The summed E-state index contributed by atoms with van der Waals surface area (Å²) in [6.45, 7) is 7.97. The molecular weight excluding hydrogens is 252 g/mol. The van der Waals surface area contributed by atoms with Crippen LogP contribution in [0.2, 0.25) is 0 Å². The first-order valence-electron chi connectivity index (χ1n) is 6.04. The van der Waals surface area contributed by atoms with Crippen LogP contribution in [0.15, 0.2) is 0 Å². The lowest BCUT2D eigenvalue weighted by atomic mass is 10.0. The van der Waals surface area contributed by atoms with Gasteiger partial charge in [-0.25, -0.2) is 11.9 Å². The Morgan fingerprint density at radius 1 is 1.78 bits per heavy atom. The number of hydrogen-bond donors (Lipinski definition) is 3. The van der Waals surface area contributed by atoms with E-state index in [1.165, 1.54) is 0 Å². The van der Waals surface area contributed by atoms with E-state index in [1.54, 1.807) is 16.7 Å². The second-order valence-corrected chi connectivity index (χ2v) is 6.15. The van der Waals surface area contributed by atoms with Gasteiger partial charge in [0.05, 0.1) is 17.2 Å². The number of nitrogens with zero attached hydrogens (tertiary/aromatic N) is 2. The van der Waals surface area contributed by atoms with Gasteiger partial charge < -0.3 is 15.7 Å². The number of nitrogens with two attached hydrogens (primary N) is 1. The van der Waals surface area contributed by atoms with Crippen molar-refractivity contribution < 1.29 is 9.90 Å². The molecule has 1 unspecified atom stereocenters. The normalized spacial score (nSPS) is 33.4. The van der Waals surface area contributed by atoms with E-state index in [0.29, 0.717) is 13.1 Å². The molecule has 0 aromatic carbocycles. The van der Waals surface area contributed by atoms with E-state index in [1.807, 2.05) is 0 Å². The molecule has 3 atom stereocenters. The van der Waals surface area contributed by atoms with Crippen molar-refractivity contribution >= 4 is 17.7 Å². The van der Waals surface area contributed by atoms with Crippen LogP contribution < -0.4 is 11.1 Å². The summed E-state index contributed by atoms with van der Waals surface area (Å²) in [7, 11) is 0. The van der Waals surface area contributed by atoms with E-state index < -0.39 is 6.04 Å². The molecule has 0 radical (unpaired) electrons. The first-order valence-corrected chi connectivity index (χ1v) is 7.02. The molecule has 2 aliphatic rings. The quantitative estimate of drug-likeness (QED) is 0.573. The lowest BCUT2D eigenvalue weighted by molar-refractivity contribution is -0.135. The maximum Gasteiger partial charge on any atom is 0.287 e.